The second kappa shape index (κ2) is 4.46. The van der Waals surface area contributed by atoms with Gasteiger partial charge in [0.05, 0.1) is 17.9 Å². The van der Waals surface area contributed by atoms with Crippen LogP contribution in [0.3, 0.4) is 0 Å². The predicted octanol–water partition coefficient (Wildman–Crippen LogP) is -0.457. The zero-order chi connectivity index (χ0) is 12.4. The number of nitrogens with one attached hydrogen (secondary N) is 1. The summed E-state index contributed by atoms with van der Waals surface area (Å²) in [7, 11) is 0. The van der Waals surface area contributed by atoms with E-state index >= 15 is 0 Å². The van der Waals surface area contributed by atoms with Gasteiger partial charge in [-0.25, -0.2) is 9.50 Å². The Labute approximate surface area is 97.5 Å². The number of amides is 1. The summed E-state index contributed by atoms with van der Waals surface area (Å²) in [5.41, 5.74) is 1.08. The highest BCUT2D eigenvalue weighted by Crippen LogP contribution is 2.07. The van der Waals surface area contributed by atoms with E-state index < -0.39 is 0 Å². The Morgan fingerprint density at radius 1 is 1.59 bits per heavy atom. The highest BCUT2D eigenvalue weighted by atomic mass is 16.3. The second-order valence-electron chi connectivity index (χ2n) is 3.79. The van der Waals surface area contributed by atoms with Gasteiger partial charge in [0.15, 0.2) is 0 Å². The zero-order valence-electron chi connectivity index (χ0n) is 9.58. The Morgan fingerprint density at radius 3 is 3.06 bits per heavy atom. The number of carbonyl (C=O) groups is 1. The summed E-state index contributed by atoms with van der Waals surface area (Å²) in [5.74, 6) is 0.170. The maximum Gasteiger partial charge on any atom is 0.254 e. The monoisotopic (exact) mass is 235 g/mol. The van der Waals surface area contributed by atoms with E-state index in [9.17, 15) is 4.79 Å². The van der Waals surface area contributed by atoms with E-state index in [4.69, 9.17) is 5.11 Å². The number of aliphatic hydroxyl groups is 1. The fraction of sp³-hybridized carbons (Fsp3) is 0.400. The van der Waals surface area contributed by atoms with E-state index in [-0.39, 0.29) is 18.6 Å². The largest absolute Gasteiger partial charge is 0.394 e. The van der Waals surface area contributed by atoms with Crippen LogP contribution in [0.2, 0.25) is 0 Å². The van der Waals surface area contributed by atoms with E-state index in [1.54, 1.807) is 13.8 Å². The number of aliphatic hydroxyl groups excluding tert-OH is 1. The van der Waals surface area contributed by atoms with Crippen LogP contribution in [-0.2, 0) is 0 Å². The molecule has 0 bridgehead atoms. The Bertz CT molecular complexity index is 551. The van der Waals surface area contributed by atoms with Gasteiger partial charge in [-0.3, -0.25) is 4.79 Å². The van der Waals surface area contributed by atoms with Crippen LogP contribution in [-0.4, -0.2) is 43.2 Å². The van der Waals surface area contributed by atoms with Gasteiger partial charge in [0.2, 0.25) is 0 Å². The molecular weight excluding hydrogens is 222 g/mol. The molecule has 90 valence electrons. The summed E-state index contributed by atoms with van der Waals surface area (Å²) in [4.78, 5) is 19.8. The molecule has 1 atom stereocenters. The molecule has 2 heterocycles. The lowest BCUT2D eigenvalue weighted by molar-refractivity contribution is 0.0920. The molecule has 2 rings (SSSR count). The Morgan fingerprint density at radius 2 is 2.35 bits per heavy atom. The van der Waals surface area contributed by atoms with Gasteiger partial charge in [0.25, 0.3) is 11.7 Å². The van der Waals surface area contributed by atoms with Crippen molar-refractivity contribution in [2.75, 3.05) is 6.61 Å². The molecule has 0 radical (unpaired) electrons. The molecule has 0 aromatic carbocycles. The molecule has 0 unspecified atom stereocenters. The quantitative estimate of drug-likeness (QED) is 0.751. The van der Waals surface area contributed by atoms with Crippen LogP contribution in [0.1, 0.15) is 23.0 Å². The SMILES string of the molecule is Cc1c(C(=O)N[C@@H](C)CO)cnc2ncnn12. The van der Waals surface area contributed by atoms with Gasteiger partial charge in [0, 0.05) is 12.2 Å². The third-order valence-electron chi connectivity index (χ3n) is 2.44. The lowest BCUT2D eigenvalue weighted by Crippen LogP contribution is -2.35. The molecule has 0 spiro atoms. The van der Waals surface area contributed by atoms with Crippen LogP contribution in [0.25, 0.3) is 5.78 Å². The topological polar surface area (TPSA) is 92.4 Å². The van der Waals surface area contributed by atoms with Crippen molar-refractivity contribution < 1.29 is 9.90 Å². The first-order chi connectivity index (χ1) is 8.13. The van der Waals surface area contributed by atoms with Crippen molar-refractivity contribution >= 4 is 11.7 Å². The zero-order valence-corrected chi connectivity index (χ0v) is 9.58. The highest BCUT2D eigenvalue weighted by molar-refractivity contribution is 5.95. The third-order valence-corrected chi connectivity index (χ3v) is 2.44. The predicted molar refractivity (Wildman–Crippen MR) is 59.5 cm³/mol. The Kier molecular flexibility index (Phi) is 3.01. The fourth-order valence-electron chi connectivity index (χ4n) is 1.46. The maximum absolute atomic E-state index is 11.9. The van der Waals surface area contributed by atoms with Crippen LogP contribution in [0.4, 0.5) is 0 Å². The summed E-state index contributed by atoms with van der Waals surface area (Å²) >= 11 is 0. The summed E-state index contributed by atoms with van der Waals surface area (Å²) in [5, 5.41) is 15.5. The van der Waals surface area contributed by atoms with Crippen LogP contribution < -0.4 is 5.32 Å². The van der Waals surface area contributed by atoms with E-state index in [0.29, 0.717) is 17.0 Å². The van der Waals surface area contributed by atoms with Crippen molar-refractivity contribution in [3.8, 4) is 0 Å². The van der Waals surface area contributed by atoms with Gasteiger partial charge in [-0.2, -0.15) is 10.1 Å². The van der Waals surface area contributed by atoms with Gasteiger partial charge in [-0.15, -0.1) is 0 Å². The maximum atomic E-state index is 11.9. The molecule has 2 aromatic rings. The van der Waals surface area contributed by atoms with Crippen molar-refractivity contribution in [2.24, 2.45) is 0 Å². The summed E-state index contributed by atoms with van der Waals surface area (Å²) in [6.07, 6.45) is 2.84. The number of rotatable bonds is 3. The second-order valence-corrected chi connectivity index (χ2v) is 3.79. The van der Waals surface area contributed by atoms with E-state index in [1.165, 1.54) is 17.0 Å². The van der Waals surface area contributed by atoms with Crippen LogP contribution >= 0.6 is 0 Å². The molecule has 7 nitrogen and oxygen atoms in total. The summed E-state index contributed by atoms with van der Waals surface area (Å²) in [6, 6.07) is -0.298. The molecule has 0 aliphatic rings. The number of aryl methyl sites for hydroxylation is 1. The number of hydrogen-bond donors (Lipinski definition) is 2. The first-order valence-electron chi connectivity index (χ1n) is 5.20. The number of hydrogen-bond acceptors (Lipinski definition) is 5. The molecular formula is C10H13N5O2. The van der Waals surface area contributed by atoms with Gasteiger partial charge in [0.1, 0.15) is 6.33 Å². The molecule has 7 heteroatoms. The smallest absolute Gasteiger partial charge is 0.254 e. The molecule has 0 saturated carbocycles. The normalized spacial score (nSPS) is 12.6. The van der Waals surface area contributed by atoms with Gasteiger partial charge in [-0.1, -0.05) is 0 Å². The van der Waals surface area contributed by atoms with Crippen molar-refractivity contribution in [3.05, 3.63) is 23.8 Å². The molecule has 0 fully saturated rings. The highest BCUT2D eigenvalue weighted by Gasteiger charge is 2.15. The average molecular weight is 235 g/mol. The van der Waals surface area contributed by atoms with E-state index in [2.05, 4.69) is 20.4 Å². The molecule has 0 aliphatic carbocycles. The molecule has 2 aromatic heterocycles. The lowest BCUT2D eigenvalue weighted by atomic mass is 10.2. The molecule has 17 heavy (non-hydrogen) atoms. The van der Waals surface area contributed by atoms with Crippen LogP contribution in [0.15, 0.2) is 12.5 Å². The van der Waals surface area contributed by atoms with Crippen LogP contribution in [0, 0.1) is 6.92 Å². The molecule has 0 aliphatic heterocycles. The van der Waals surface area contributed by atoms with E-state index in [1.807, 2.05) is 0 Å². The number of aromatic nitrogens is 4. The van der Waals surface area contributed by atoms with Gasteiger partial charge in [-0.05, 0) is 13.8 Å². The first-order valence-corrected chi connectivity index (χ1v) is 5.20. The van der Waals surface area contributed by atoms with Gasteiger partial charge >= 0.3 is 0 Å². The minimum absolute atomic E-state index is 0.107. The summed E-state index contributed by atoms with van der Waals surface area (Å²) < 4.78 is 1.50. The fourth-order valence-corrected chi connectivity index (χ4v) is 1.46. The molecule has 0 saturated heterocycles. The minimum Gasteiger partial charge on any atom is -0.394 e. The van der Waals surface area contributed by atoms with E-state index in [0.717, 1.165) is 0 Å². The van der Waals surface area contributed by atoms with Crippen molar-refractivity contribution in [2.45, 2.75) is 19.9 Å². The molecule has 1 amide bonds. The number of fused-ring (bicyclic) bond motifs is 1. The van der Waals surface area contributed by atoms with Crippen molar-refractivity contribution in [1.29, 1.82) is 0 Å². The Balaban J connectivity index is 2.35. The average Bonchev–Trinajstić information content (AvgIpc) is 2.78. The third kappa shape index (κ3) is 2.09. The molecule has 2 N–H and O–H groups in total. The van der Waals surface area contributed by atoms with Crippen LogP contribution in [0.5, 0.6) is 0 Å². The van der Waals surface area contributed by atoms with Crippen molar-refractivity contribution in [3.63, 3.8) is 0 Å². The summed E-state index contributed by atoms with van der Waals surface area (Å²) in [6.45, 7) is 3.38. The lowest BCUT2D eigenvalue weighted by Gasteiger charge is -2.12. The van der Waals surface area contributed by atoms with Gasteiger partial charge < -0.3 is 10.4 Å². The number of carbonyl (C=O) groups excluding carboxylic acids is 1. The number of nitrogens with zero attached hydrogens (tertiary/aromatic N) is 4. The Hall–Kier alpha value is -2.02. The first kappa shape index (κ1) is 11.5. The van der Waals surface area contributed by atoms with Crippen molar-refractivity contribution in [1.82, 2.24) is 24.9 Å². The standard InChI is InChI=1S/C10H13N5O2/c1-6(4-16)14-9(17)8-3-11-10-12-5-13-15(10)7(8)2/h3,5-6,16H,4H2,1-2H3,(H,14,17)/t6-/m0/s1. The minimum atomic E-state index is -0.298.